The van der Waals surface area contributed by atoms with E-state index in [2.05, 4.69) is 38.2 Å². The van der Waals surface area contributed by atoms with Crippen molar-refractivity contribution >= 4 is 11.6 Å². The van der Waals surface area contributed by atoms with E-state index in [-0.39, 0.29) is 0 Å². The normalized spacial score (nSPS) is 29.2. The van der Waals surface area contributed by atoms with Crippen molar-refractivity contribution in [3.05, 3.63) is 34.9 Å². The first-order valence-corrected chi connectivity index (χ1v) is 7.93. The van der Waals surface area contributed by atoms with Gasteiger partial charge in [0.05, 0.1) is 0 Å². The SMILES string of the molecule is CC(Cc1ccc(Cl)cc1)NC1CCC(C)C(C)C1. The molecule has 1 aromatic rings. The second-order valence-electron chi connectivity index (χ2n) is 6.36. The Morgan fingerprint density at radius 2 is 1.84 bits per heavy atom. The molecule has 1 fully saturated rings. The largest absolute Gasteiger partial charge is 0.311 e. The molecule has 1 N–H and O–H groups in total. The fourth-order valence-electron chi connectivity index (χ4n) is 3.13. The number of hydrogen-bond donors (Lipinski definition) is 1. The fraction of sp³-hybridized carbons (Fsp3) is 0.647. The van der Waals surface area contributed by atoms with E-state index in [9.17, 15) is 0 Å². The summed E-state index contributed by atoms with van der Waals surface area (Å²) in [7, 11) is 0. The van der Waals surface area contributed by atoms with Crippen LogP contribution in [-0.4, -0.2) is 12.1 Å². The van der Waals surface area contributed by atoms with Crippen LogP contribution in [0.25, 0.3) is 0 Å². The molecule has 0 aromatic heterocycles. The molecule has 0 spiro atoms. The molecule has 0 saturated heterocycles. The summed E-state index contributed by atoms with van der Waals surface area (Å²) in [4.78, 5) is 0. The van der Waals surface area contributed by atoms with Gasteiger partial charge in [-0.25, -0.2) is 0 Å². The topological polar surface area (TPSA) is 12.0 Å². The zero-order valence-electron chi connectivity index (χ0n) is 12.3. The molecule has 0 radical (unpaired) electrons. The molecule has 19 heavy (non-hydrogen) atoms. The number of benzene rings is 1. The van der Waals surface area contributed by atoms with E-state index < -0.39 is 0 Å². The van der Waals surface area contributed by atoms with E-state index in [1.165, 1.54) is 24.8 Å². The Bertz CT molecular complexity index is 387. The average molecular weight is 280 g/mol. The summed E-state index contributed by atoms with van der Waals surface area (Å²) in [5, 5.41) is 4.62. The number of nitrogens with one attached hydrogen (secondary N) is 1. The number of hydrogen-bond acceptors (Lipinski definition) is 1. The van der Waals surface area contributed by atoms with Gasteiger partial charge in [0.15, 0.2) is 0 Å². The second-order valence-corrected chi connectivity index (χ2v) is 6.80. The fourth-order valence-corrected chi connectivity index (χ4v) is 3.26. The minimum Gasteiger partial charge on any atom is -0.311 e. The van der Waals surface area contributed by atoms with E-state index in [4.69, 9.17) is 11.6 Å². The van der Waals surface area contributed by atoms with Gasteiger partial charge in [0.2, 0.25) is 0 Å². The molecule has 1 aromatic carbocycles. The van der Waals surface area contributed by atoms with E-state index in [0.717, 1.165) is 23.3 Å². The van der Waals surface area contributed by atoms with Crippen molar-refractivity contribution in [3.63, 3.8) is 0 Å². The van der Waals surface area contributed by atoms with Crippen molar-refractivity contribution in [3.8, 4) is 0 Å². The van der Waals surface area contributed by atoms with E-state index in [1.807, 2.05) is 12.1 Å². The van der Waals surface area contributed by atoms with Crippen LogP contribution in [0.5, 0.6) is 0 Å². The van der Waals surface area contributed by atoms with Gasteiger partial charge in [-0.05, 0) is 62.1 Å². The number of halogens is 1. The van der Waals surface area contributed by atoms with Gasteiger partial charge in [0, 0.05) is 17.1 Å². The van der Waals surface area contributed by atoms with Crippen molar-refractivity contribution in [1.82, 2.24) is 5.32 Å². The molecule has 1 aliphatic carbocycles. The Morgan fingerprint density at radius 1 is 1.16 bits per heavy atom. The predicted octanol–water partition coefficient (Wildman–Crippen LogP) is 4.69. The standard InChI is InChI=1S/C17H26ClN/c1-12-4-9-17(10-13(12)2)19-14(3)11-15-5-7-16(18)8-6-15/h5-8,12-14,17,19H,4,9-11H2,1-3H3. The van der Waals surface area contributed by atoms with Gasteiger partial charge >= 0.3 is 0 Å². The Hall–Kier alpha value is -0.530. The van der Waals surface area contributed by atoms with Crippen molar-refractivity contribution in [2.45, 2.75) is 58.5 Å². The molecule has 0 aliphatic heterocycles. The lowest BCUT2D eigenvalue weighted by Gasteiger charge is -2.34. The van der Waals surface area contributed by atoms with Crippen LogP contribution in [0.1, 0.15) is 45.6 Å². The van der Waals surface area contributed by atoms with Crippen LogP contribution in [0.2, 0.25) is 5.02 Å². The summed E-state index contributed by atoms with van der Waals surface area (Å²) in [6, 6.07) is 9.46. The Labute approximate surface area is 122 Å². The summed E-state index contributed by atoms with van der Waals surface area (Å²) >= 11 is 5.92. The van der Waals surface area contributed by atoms with Crippen LogP contribution in [0.3, 0.4) is 0 Å². The van der Waals surface area contributed by atoms with Crippen molar-refractivity contribution in [2.75, 3.05) is 0 Å². The molecule has 0 heterocycles. The van der Waals surface area contributed by atoms with Crippen LogP contribution in [0, 0.1) is 11.8 Å². The molecule has 4 atom stereocenters. The smallest absolute Gasteiger partial charge is 0.0406 e. The highest BCUT2D eigenvalue weighted by atomic mass is 35.5. The van der Waals surface area contributed by atoms with Gasteiger partial charge in [-0.2, -0.15) is 0 Å². The summed E-state index contributed by atoms with van der Waals surface area (Å²) in [6.07, 6.45) is 5.10. The molecular weight excluding hydrogens is 254 g/mol. The molecule has 4 unspecified atom stereocenters. The first-order valence-electron chi connectivity index (χ1n) is 7.55. The van der Waals surface area contributed by atoms with Gasteiger partial charge in [-0.15, -0.1) is 0 Å². The summed E-state index contributed by atoms with van der Waals surface area (Å²) < 4.78 is 0. The molecule has 1 saturated carbocycles. The predicted molar refractivity (Wildman–Crippen MR) is 83.7 cm³/mol. The van der Waals surface area contributed by atoms with Crippen LogP contribution in [0.4, 0.5) is 0 Å². The van der Waals surface area contributed by atoms with Crippen LogP contribution >= 0.6 is 11.6 Å². The third-order valence-corrected chi connectivity index (χ3v) is 4.83. The van der Waals surface area contributed by atoms with Crippen LogP contribution < -0.4 is 5.32 Å². The van der Waals surface area contributed by atoms with E-state index >= 15 is 0 Å². The second kappa shape index (κ2) is 6.76. The molecule has 1 nitrogen and oxygen atoms in total. The number of rotatable bonds is 4. The Morgan fingerprint density at radius 3 is 2.47 bits per heavy atom. The van der Waals surface area contributed by atoms with Gasteiger partial charge in [-0.1, -0.05) is 37.6 Å². The van der Waals surface area contributed by atoms with Gasteiger partial charge in [-0.3, -0.25) is 0 Å². The minimum absolute atomic E-state index is 0.534. The maximum Gasteiger partial charge on any atom is 0.0406 e. The maximum atomic E-state index is 5.92. The van der Waals surface area contributed by atoms with Crippen molar-refractivity contribution in [1.29, 1.82) is 0 Å². The lowest BCUT2D eigenvalue weighted by Crippen LogP contribution is -2.41. The highest BCUT2D eigenvalue weighted by Crippen LogP contribution is 2.29. The van der Waals surface area contributed by atoms with E-state index in [0.29, 0.717) is 12.1 Å². The molecule has 106 valence electrons. The summed E-state index contributed by atoms with van der Waals surface area (Å²) in [5.74, 6) is 1.75. The summed E-state index contributed by atoms with van der Waals surface area (Å²) in [5.41, 5.74) is 1.36. The van der Waals surface area contributed by atoms with E-state index in [1.54, 1.807) is 0 Å². The highest BCUT2D eigenvalue weighted by molar-refractivity contribution is 6.30. The maximum absolute atomic E-state index is 5.92. The first kappa shape index (κ1) is 14.9. The third kappa shape index (κ3) is 4.50. The quantitative estimate of drug-likeness (QED) is 0.843. The monoisotopic (exact) mass is 279 g/mol. The van der Waals surface area contributed by atoms with Gasteiger partial charge in [0.25, 0.3) is 0 Å². The lowest BCUT2D eigenvalue weighted by atomic mass is 9.79. The summed E-state index contributed by atoms with van der Waals surface area (Å²) in [6.45, 7) is 7.07. The lowest BCUT2D eigenvalue weighted by molar-refractivity contribution is 0.217. The first-order chi connectivity index (χ1) is 9.04. The highest BCUT2D eigenvalue weighted by Gasteiger charge is 2.25. The molecule has 0 bridgehead atoms. The average Bonchev–Trinajstić information content (AvgIpc) is 2.37. The third-order valence-electron chi connectivity index (χ3n) is 4.57. The van der Waals surface area contributed by atoms with Crippen LogP contribution in [-0.2, 0) is 6.42 Å². The van der Waals surface area contributed by atoms with Crippen molar-refractivity contribution < 1.29 is 0 Å². The zero-order valence-corrected chi connectivity index (χ0v) is 13.1. The molecule has 2 rings (SSSR count). The molecule has 1 aliphatic rings. The molecular formula is C17H26ClN. The Kier molecular flexibility index (Phi) is 5.29. The Balaban J connectivity index is 1.81. The molecule has 0 amide bonds. The minimum atomic E-state index is 0.534. The zero-order chi connectivity index (χ0) is 13.8. The van der Waals surface area contributed by atoms with Gasteiger partial charge in [0.1, 0.15) is 0 Å². The molecule has 2 heteroatoms. The van der Waals surface area contributed by atoms with Crippen LogP contribution in [0.15, 0.2) is 24.3 Å². The van der Waals surface area contributed by atoms with Gasteiger partial charge < -0.3 is 5.32 Å². The van der Waals surface area contributed by atoms with Crippen molar-refractivity contribution in [2.24, 2.45) is 11.8 Å².